The van der Waals surface area contributed by atoms with Gasteiger partial charge in [0.1, 0.15) is 5.52 Å². The van der Waals surface area contributed by atoms with E-state index in [1.165, 1.54) is 38.5 Å². The first-order chi connectivity index (χ1) is 13.7. The van der Waals surface area contributed by atoms with Crippen molar-refractivity contribution in [1.82, 2.24) is 25.2 Å². The Balaban J connectivity index is 1.14. The first-order valence-corrected chi connectivity index (χ1v) is 11.0. The zero-order valence-electron chi connectivity index (χ0n) is 16.5. The molecule has 0 saturated heterocycles. The van der Waals surface area contributed by atoms with Crippen LogP contribution >= 0.6 is 0 Å². The molecule has 0 spiro atoms. The number of hydrogen-bond donors (Lipinski definition) is 2. The largest absolute Gasteiger partial charge is 0.348 e. The molecule has 5 fully saturated rings. The van der Waals surface area contributed by atoms with Gasteiger partial charge in [0.2, 0.25) is 0 Å². The number of aromatic nitrogens is 3. The number of imidazole rings is 1. The molecule has 2 aromatic rings. The average Bonchev–Trinajstić information content (AvgIpc) is 3.05. The van der Waals surface area contributed by atoms with E-state index in [1.54, 1.807) is 18.6 Å². The van der Waals surface area contributed by atoms with E-state index in [0.717, 1.165) is 35.7 Å². The maximum atomic E-state index is 12.9. The molecule has 0 radical (unpaired) electrons. The zero-order chi connectivity index (χ0) is 18.8. The van der Waals surface area contributed by atoms with Gasteiger partial charge in [-0.1, -0.05) is 0 Å². The normalized spacial score (nSPS) is 38.5. The number of carbonyl (C=O) groups excluding carboxylic acids is 1. The van der Waals surface area contributed by atoms with Crippen LogP contribution < -0.4 is 10.6 Å². The fraction of sp³-hybridized carbons (Fsp3) is 0.682. The molecule has 0 aliphatic heterocycles. The molecule has 0 unspecified atom stereocenters. The van der Waals surface area contributed by atoms with E-state index in [9.17, 15) is 4.79 Å². The molecule has 4 bridgehead atoms. The SMILES string of the molecule is Cn1cnc2c(C(=O)N[C@H]3CC[C@H]3NC3C4CC5CC(C4)CC3C5)ccnc21. The van der Waals surface area contributed by atoms with E-state index in [2.05, 4.69) is 20.6 Å². The summed E-state index contributed by atoms with van der Waals surface area (Å²) < 4.78 is 1.85. The summed E-state index contributed by atoms with van der Waals surface area (Å²) in [6.45, 7) is 0. The van der Waals surface area contributed by atoms with Crippen LogP contribution in [0.15, 0.2) is 18.6 Å². The molecule has 2 aromatic heterocycles. The van der Waals surface area contributed by atoms with Gasteiger partial charge in [0, 0.05) is 31.4 Å². The van der Waals surface area contributed by atoms with Crippen molar-refractivity contribution in [2.45, 2.75) is 63.1 Å². The molecule has 7 rings (SSSR count). The maximum absolute atomic E-state index is 12.9. The first-order valence-electron chi connectivity index (χ1n) is 11.0. The van der Waals surface area contributed by atoms with Crippen LogP contribution in [0.25, 0.3) is 11.2 Å². The van der Waals surface area contributed by atoms with E-state index in [4.69, 9.17) is 0 Å². The van der Waals surface area contributed by atoms with Crippen LogP contribution in [-0.2, 0) is 7.05 Å². The molecule has 2 N–H and O–H groups in total. The number of rotatable bonds is 4. The van der Waals surface area contributed by atoms with Crippen LogP contribution in [0.4, 0.5) is 0 Å². The summed E-state index contributed by atoms with van der Waals surface area (Å²) in [5.74, 6) is 3.74. The Kier molecular flexibility index (Phi) is 3.80. The highest BCUT2D eigenvalue weighted by Gasteiger charge is 2.49. The predicted octanol–water partition coefficient (Wildman–Crippen LogP) is 2.64. The summed E-state index contributed by atoms with van der Waals surface area (Å²) >= 11 is 0. The summed E-state index contributed by atoms with van der Waals surface area (Å²) in [6.07, 6.45) is 12.9. The van der Waals surface area contributed by atoms with Gasteiger partial charge in [0.05, 0.1) is 11.9 Å². The van der Waals surface area contributed by atoms with Crippen LogP contribution in [-0.4, -0.2) is 38.6 Å². The van der Waals surface area contributed by atoms with Gasteiger partial charge in [0.15, 0.2) is 5.65 Å². The van der Waals surface area contributed by atoms with Crippen LogP contribution in [0.5, 0.6) is 0 Å². The van der Waals surface area contributed by atoms with Crippen LogP contribution in [0.3, 0.4) is 0 Å². The lowest BCUT2D eigenvalue weighted by Gasteiger charge is -2.56. The molecule has 2 heterocycles. The van der Waals surface area contributed by atoms with Gasteiger partial charge in [-0.05, 0) is 74.7 Å². The summed E-state index contributed by atoms with van der Waals surface area (Å²) in [6, 6.07) is 3.12. The summed E-state index contributed by atoms with van der Waals surface area (Å²) in [5.41, 5.74) is 2.07. The van der Waals surface area contributed by atoms with Crippen LogP contribution in [0.2, 0.25) is 0 Å². The number of amides is 1. The molecule has 5 saturated carbocycles. The fourth-order valence-electron chi connectivity index (χ4n) is 6.77. The maximum Gasteiger partial charge on any atom is 0.253 e. The summed E-state index contributed by atoms with van der Waals surface area (Å²) in [7, 11) is 1.90. The van der Waals surface area contributed by atoms with Crippen molar-refractivity contribution in [2.24, 2.45) is 30.7 Å². The third kappa shape index (κ3) is 2.60. The Hall–Kier alpha value is -1.95. The Bertz CT molecular complexity index is 893. The molecule has 6 nitrogen and oxygen atoms in total. The molecular weight excluding hydrogens is 350 g/mol. The Morgan fingerprint density at radius 1 is 1.04 bits per heavy atom. The van der Waals surface area contributed by atoms with E-state index in [1.807, 2.05) is 11.6 Å². The van der Waals surface area contributed by atoms with E-state index in [0.29, 0.717) is 23.2 Å². The number of aryl methyl sites for hydroxylation is 1. The summed E-state index contributed by atoms with van der Waals surface area (Å²) in [4.78, 5) is 21.7. The zero-order valence-corrected chi connectivity index (χ0v) is 16.5. The van der Waals surface area contributed by atoms with Crippen LogP contribution in [0, 0.1) is 23.7 Å². The number of fused-ring (bicyclic) bond motifs is 1. The Morgan fingerprint density at radius 2 is 1.75 bits per heavy atom. The molecule has 5 aliphatic carbocycles. The minimum Gasteiger partial charge on any atom is -0.348 e. The second-order valence-electron chi connectivity index (χ2n) is 9.77. The lowest BCUT2D eigenvalue weighted by Crippen LogP contribution is -2.64. The minimum atomic E-state index is -0.0207. The molecule has 2 atom stereocenters. The van der Waals surface area contributed by atoms with Gasteiger partial charge < -0.3 is 15.2 Å². The van der Waals surface area contributed by atoms with Gasteiger partial charge in [-0.2, -0.15) is 0 Å². The number of carbonyl (C=O) groups is 1. The molecule has 1 amide bonds. The van der Waals surface area contributed by atoms with Gasteiger partial charge in [0.25, 0.3) is 5.91 Å². The van der Waals surface area contributed by atoms with Crippen LogP contribution in [0.1, 0.15) is 55.3 Å². The third-order valence-corrected chi connectivity index (χ3v) is 8.07. The van der Waals surface area contributed by atoms with E-state index < -0.39 is 0 Å². The molecule has 6 heteroatoms. The second kappa shape index (κ2) is 6.28. The van der Waals surface area contributed by atoms with Gasteiger partial charge in [-0.15, -0.1) is 0 Å². The van der Waals surface area contributed by atoms with Gasteiger partial charge in [-0.25, -0.2) is 9.97 Å². The topological polar surface area (TPSA) is 71.8 Å². The van der Waals surface area contributed by atoms with Crippen molar-refractivity contribution in [3.63, 3.8) is 0 Å². The van der Waals surface area contributed by atoms with Crippen molar-refractivity contribution in [3.05, 3.63) is 24.2 Å². The number of nitrogens with zero attached hydrogens (tertiary/aromatic N) is 3. The quantitative estimate of drug-likeness (QED) is 0.857. The smallest absolute Gasteiger partial charge is 0.253 e. The molecule has 148 valence electrons. The highest BCUT2D eigenvalue weighted by Crippen LogP contribution is 2.54. The first kappa shape index (κ1) is 17.0. The Labute approximate surface area is 165 Å². The standard InChI is InChI=1S/C22H29N5O/c1-27-11-24-20-16(4-5-23-21(20)27)22(28)26-18-3-2-17(18)25-19-14-7-12-6-13(9-14)10-15(19)8-12/h4-5,11-15,17-19,25H,2-3,6-10H2,1H3,(H,26,28)/t12?,13?,14?,15?,17-,18+,19?/m1/s1. The van der Waals surface area contributed by atoms with Crippen molar-refractivity contribution in [3.8, 4) is 0 Å². The van der Waals surface area contributed by atoms with Gasteiger partial charge >= 0.3 is 0 Å². The summed E-state index contributed by atoms with van der Waals surface area (Å²) in [5, 5.41) is 7.28. The van der Waals surface area contributed by atoms with Crippen molar-refractivity contribution in [2.75, 3.05) is 0 Å². The predicted molar refractivity (Wildman–Crippen MR) is 107 cm³/mol. The second-order valence-corrected chi connectivity index (χ2v) is 9.77. The number of pyridine rings is 1. The molecule has 5 aliphatic rings. The van der Waals surface area contributed by atoms with E-state index >= 15 is 0 Å². The number of hydrogen-bond acceptors (Lipinski definition) is 4. The van der Waals surface area contributed by atoms with E-state index in [-0.39, 0.29) is 11.9 Å². The minimum absolute atomic E-state index is 0.0207. The third-order valence-electron chi connectivity index (χ3n) is 8.07. The number of nitrogens with one attached hydrogen (secondary N) is 2. The van der Waals surface area contributed by atoms with Crippen molar-refractivity contribution < 1.29 is 4.79 Å². The molecule has 28 heavy (non-hydrogen) atoms. The molecule has 0 aromatic carbocycles. The highest BCUT2D eigenvalue weighted by molar-refractivity contribution is 6.04. The van der Waals surface area contributed by atoms with Crippen molar-refractivity contribution >= 4 is 17.1 Å². The fourth-order valence-corrected chi connectivity index (χ4v) is 6.77. The lowest BCUT2D eigenvalue weighted by atomic mass is 9.54. The molecular formula is C22H29N5O. The lowest BCUT2D eigenvalue weighted by molar-refractivity contribution is -0.0236. The average molecular weight is 380 g/mol. The van der Waals surface area contributed by atoms with Crippen molar-refractivity contribution in [1.29, 1.82) is 0 Å². The van der Waals surface area contributed by atoms with Gasteiger partial charge in [-0.3, -0.25) is 4.79 Å². The monoisotopic (exact) mass is 379 g/mol. The Morgan fingerprint density at radius 3 is 2.43 bits per heavy atom. The highest BCUT2D eigenvalue weighted by atomic mass is 16.1.